The van der Waals surface area contributed by atoms with Crippen LogP contribution in [0.25, 0.3) is 17.0 Å². The van der Waals surface area contributed by atoms with E-state index >= 15 is 0 Å². The van der Waals surface area contributed by atoms with Crippen molar-refractivity contribution >= 4 is 22.8 Å². The summed E-state index contributed by atoms with van der Waals surface area (Å²) in [6, 6.07) is 8.23. The van der Waals surface area contributed by atoms with Crippen LogP contribution < -0.4 is 0 Å². The van der Waals surface area contributed by atoms with Gasteiger partial charge in [-0.15, -0.1) is 0 Å². The molecule has 3 rings (SSSR count). The van der Waals surface area contributed by atoms with Crippen LogP contribution >= 0.6 is 0 Å². The molecular weight excluding hydrogens is 210 g/mol. The summed E-state index contributed by atoms with van der Waals surface area (Å²) in [6.07, 6.45) is 4.72. The third-order valence-corrected chi connectivity index (χ3v) is 3.47. The van der Waals surface area contributed by atoms with Crippen molar-refractivity contribution in [2.45, 2.75) is 26.2 Å². The number of para-hydroxylation sites is 1. The van der Waals surface area contributed by atoms with E-state index in [4.69, 9.17) is 0 Å². The summed E-state index contributed by atoms with van der Waals surface area (Å²) < 4.78 is 0. The molecular formula is C15H15NO. The van der Waals surface area contributed by atoms with Crippen molar-refractivity contribution in [3.05, 3.63) is 41.1 Å². The number of nitrogens with one attached hydrogen (secondary N) is 1. The van der Waals surface area contributed by atoms with E-state index in [0.717, 1.165) is 29.6 Å². The van der Waals surface area contributed by atoms with Crippen LogP contribution in [0.5, 0.6) is 0 Å². The molecule has 1 aromatic heterocycles. The Morgan fingerprint density at radius 2 is 2.06 bits per heavy atom. The number of aryl methyl sites for hydroxylation is 1. The van der Waals surface area contributed by atoms with E-state index in [1.807, 2.05) is 12.1 Å². The smallest absolute Gasteiger partial charge is 0.158 e. The van der Waals surface area contributed by atoms with Crippen LogP contribution in [-0.2, 0) is 4.79 Å². The summed E-state index contributed by atoms with van der Waals surface area (Å²) in [6.45, 7) is 2.06. The number of aromatic nitrogens is 1. The lowest BCUT2D eigenvalue weighted by atomic mass is 10.1. The molecule has 0 radical (unpaired) electrons. The van der Waals surface area contributed by atoms with Crippen LogP contribution in [0.2, 0.25) is 0 Å². The van der Waals surface area contributed by atoms with Crippen molar-refractivity contribution < 1.29 is 4.79 Å². The van der Waals surface area contributed by atoms with Crippen molar-refractivity contribution in [3.8, 4) is 0 Å². The Kier molecular flexibility index (Phi) is 2.36. The highest BCUT2D eigenvalue weighted by Gasteiger charge is 2.17. The zero-order valence-electron chi connectivity index (χ0n) is 9.92. The van der Waals surface area contributed by atoms with Gasteiger partial charge in [0.1, 0.15) is 0 Å². The highest BCUT2D eigenvalue weighted by atomic mass is 16.1. The van der Waals surface area contributed by atoms with Gasteiger partial charge in [0.25, 0.3) is 0 Å². The van der Waals surface area contributed by atoms with Gasteiger partial charge in [-0.3, -0.25) is 4.79 Å². The molecule has 86 valence electrons. The van der Waals surface area contributed by atoms with Crippen LogP contribution in [0.1, 0.15) is 30.5 Å². The topological polar surface area (TPSA) is 32.9 Å². The fourth-order valence-electron chi connectivity index (χ4n) is 2.55. The summed E-state index contributed by atoms with van der Waals surface area (Å²) >= 11 is 0. The molecule has 1 saturated carbocycles. The van der Waals surface area contributed by atoms with Gasteiger partial charge in [-0.2, -0.15) is 0 Å². The maximum atomic E-state index is 11.7. The first-order chi connectivity index (χ1) is 8.25. The number of fused-ring (bicyclic) bond motifs is 1. The monoisotopic (exact) mass is 225 g/mol. The molecule has 0 aliphatic heterocycles. The van der Waals surface area contributed by atoms with Gasteiger partial charge in [-0.25, -0.2) is 0 Å². The molecule has 0 unspecified atom stereocenters. The number of Topliss-reactive ketones (excluding diaryl/α,β-unsaturated/α-hetero) is 1. The fraction of sp³-hybridized carbons (Fsp3) is 0.267. The van der Waals surface area contributed by atoms with E-state index in [2.05, 4.69) is 30.1 Å². The van der Waals surface area contributed by atoms with Crippen molar-refractivity contribution in [1.82, 2.24) is 4.98 Å². The van der Waals surface area contributed by atoms with Gasteiger partial charge < -0.3 is 4.98 Å². The second-order valence-corrected chi connectivity index (χ2v) is 4.66. The molecule has 0 bridgehead atoms. The zero-order valence-corrected chi connectivity index (χ0v) is 9.92. The zero-order chi connectivity index (χ0) is 11.8. The molecule has 1 aliphatic carbocycles. The van der Waals surface area contributed by atoms with Gasteiger partial charge >= 0.3 is 0 Å². The molecule has 0 atom stereocenters. The van der Waals surface area contributed by atoms with E-state index in [9.17, 15) is 4.79 Å². The van der Waals surface area contributed by atoms with E-state index in [0.29, 0.717) is 12.2 Å². The number of H-pyrrole nitrogens is 1. The predicted octanol–water partition coefficient (Wildman–Crippen LogP) is 3.61. The summed E-state index contributed by atoms with van der Waals surface area (Å²) in [5, 5.41) is 1.21. The molecule has 2 heteroatoms. The minimum Gasteiger partial charge on any atom is -0.358 e. The minimum atomic E-state index is 0.315. The van der Waals surface area contributed by atoms with Crippen LogP contribution in [0.4, 0.5) is 0 Å². The Bertz CT molecular complexity index is 619. The molecule has 17 heavy (non-hydrogen) atoms. The van der Waals surface area contributed by atoms with Crippen LogP contribution in [-0.4, -0.2) is 10.8 Å². The standard InChI is InChI=1S/C15H15NO/c1-10-13(9-11-5-4-8-15(11)17)12-6-2-3-7-14(12)16-10/h2-3,6-7,9,16H,4-5,8H2,1H3/b11-9-. The predicted molar refractivity (Wildman–Crippen MR) is 69.9 cm³/mol. The molecule has 0 amide bonds. The SMILES string of the molecule is Cc1[nH]c2ccccc2c1/C=C1/CCCC1=O. The molecule has 2 aromatic rings. The fourth-order valence-corrected chi connectivity index (χ4v) is 2.55. The van der Waals surface area contributed by atoms with Gasteiger partial charge in [0.05, 0.1) is 0 Å². The van der Waals surface area contributed by atoms with E-state index < -0.39 is 0 Å². The Labute approximate surface area is 100 Å². The van der Waals surface area contributed by atoms with Crippen molar-refractivity contribution in [1.29, 1.82) is 0 Å². The van der Waals surface area contributed by atoms with Crippen LogP contribution in [0.15, 0.2) is 29.8 Å². The maximum Gasteiger partial charge on any atom is 0.158 e. The third kappa shape index (κ3) is 1.70. The molecule has 1 heterocycles. The number of carbonyl (C=O) groups excluding carboxylic acids is 1. The van der Waals surface area contributed by atoms with E-state index in [1.165, 1.54) is 10.9 Å². The normalized spacial score (nSPS) is 18.4. The third-order valence-electron chi connectivity index (χ3n) is 3.47. The lowest BCUT2D eigenvalue weighted by Gasteiger charge is -1.97. The highest BCUT2D eigenvalue weighted by molar-refractivity contribution is 6.03. The summed E-state index contributed by atoms with van der Waals surface area (Å²) in [7, 11) is 0. The lowest BCUT2D eigenvalue weighted by Crippen LogP contribution is -1.91. The summed E-state index contributed by atoms with van der Waals surface area (Å²) in [5.74, 6) is 0.315. The van der Waals surface area contributed by atoms with E-state index in [1.54, 1.807) is 0 Å². The van der Waals surface area contributed by atoms with Gasteiger partial charge in [0.15, 0.2) is 5.78 Å². The van der Waals surface area contributed by atoms with E-state index in [-0.39, 0.29) is 0 Å². The molecule has 1 aliphatic rings. The second kappa shape index (κ2) is 3.88. The Hall–Kier alpha value is -1.83. The van der Waals surface area contributed by atoms with Gasteiger partial charge in [-0.1, -0.05) is 18.2 Å². The molecule has 2 nitrogen and oxygen atoms in total. The summed E-state index contributed by atoms with van der Waals surface area (Å²) in [5.41, 5.74) is 4.43. The average Bonchev–Trinajstić information content (AvgIpc) is 2.85. The molecule has 1 N–H and O–H groups in total. The Morgan fingerprint density at radius 1 is 1.24 bits per heavy atom. The number of hydrogen-bond acceptors (Lipinski definition) is 1. The molecule has 0 saturated heterocycles. The second-order valence-electron chi connectivity index (χ2n) is 4.66. The summed E-state index contributed by atoms with van der Waals surface area (Å²) in [4.78, 5) is 15.0. The number of hydrogen-bond donors (Lipinski definition) is 1. The number of aromatic amines is 1. The van der Waals surface area contributed by atoms with Crippen molar-refractivity contribution in [3.63, 3.8) is 0 Å². The largest absolute Gasteiger partial charge is 0.358 e. The Morgan fingerprint density at radius 3 is 2.82 bits per heavy atom. The quantitative estimate of drug-likeness (QED) is 0.739. The number of allylic oxidation sites excluding steroid dienone is 1. The van der Waals surface area contributed by atoms with Crippen LogP contribution in [0.3, 0.4) is 0 Å². The first kappa shape index (κ1) is 10.3. The number of rotatable bonds is 1. The van der Waals surface area contributed by atoms with Crippen LogP contribution in [0, 0.1) is 6.92 Å². The first-order valence-corrected chi connectivity index (χ1v) is 6.07. The van der Waals surface area contributed by atoms with Gasteiger partial charge in [0, 0.05) is 28.6 Å². The molecule has 0 spiro atoms. The van der Waals surface area contributed by atoms with Gasteiger partial charge in [0.2, 0.25) is 0 Å². The lowest BCUT2D eigenvalue weighted by molar-refractivity contribution is -0.114. The Balaban J connectivity index is 2.17. The number of carbonyl (C=O) groups is 1. The average molecular weight is 225 g/mol. The van der Waals surface area contributed by atoms with Crippen molar-refractivity contribution in [2.75, 3.05) is 0 Å². The molecule has 1 fully saturated rings. The highest BCUT2D eigenvalue weighted by Crippen LogP contribution is 2.28. The first-order valence-electron chi connectivity index (χ1n) is 6.07. The van der Waals surface area contributed by atoms with Crippen molar-refractivity contribution in [2.24, 2.45) is 0 Å². The maximum absolute atomic E-state index is 11.7. The molecule has 1 aromatic carbocycles. The number of ketones is 1. The minimum absolute atomic E-state index is 0.315. The van der Waals surface area contributed by atoms with Gasteiger partial charge in [-0.05, 0) is 37.5 Å². The number of benzene rings is 1.